The van der Waals surface area contributed by atoms with Crippen LogP contribution in [-0.2, 0) is 11.2 Å². The minimum atomic E-state index is -0.749. The van der Waals surface area contributed by atoms with Crippen LogP contribution < -0.4 is 9.64 Å². The van der Waals surface area contributed by atoms with Crippen LogP contribution in [0.4, 0.5) is 10.2 Å². The molecule has 172 valence electrons. The summed E-state index contributed by atoms with van der Waals surface area (Å²) in [5, 5.41) is 9.07. The Balaban J connectivity index is 1.32. The molecule has 0 spiro atoms. The van der Waals surface area contributed by atoms with Gasteiger partial charge in [-0.1, -0.05) is 6.07 Å². The van der Waals surface area contributed by atoms with Gasteiger partial charge in [0.05, 0.1) is 13.0 Å². The minimum absolute atomic E-state index is 0.108. The number of aromatic nitrogens is 2. The predicted octanol–water partition coefficient (Wildman–Crippen LogP) is 5.00. The fourth-order valence-corrected chi connectivity index (χ4v) is 4.35. The molecule has 33 heavy (non-hydrogen) atoms. The van der Waals surface area contributed by atoms with Gasteiger partial charge in [-0.3, -0.25) is 4.79 Å². The van der Waals surface area contributed by atoms with E-state index in [-0.39, 0.29) is 18.2 Å². The molecule has 0 radical (unpaired) electrons. The van der Waals surface area contributed by atoms with E-state index in [4.69, 9.17) is 9.84 Å². The number of halogens is 1. The SMILES string of the molecule is Cc1cnc(-c2ccc(F)cc2)nc1N(C)CCCOc1ccc2c(c1)CC[C@H]2CC(=O)O. The zero-order valence-corrected chi connectivity index (χ0v) is 18.9. The summed E-state index contributed by atoms with van der Waals surface area (Å²) in [6.07, 6.45) is 4.57. The molecular formula is C26H28FN3O3. The maximum Gasteiger partial charge on any atom is 0.303 e. The average Bonchev–Trinajstić information content (AvgIpc) is 3.19. The number of rotatable bonds is 9. The maximum atomic E-state index is 13.2. The van der Waals surface area contributed by atoms with Crippen molar-refractivity contribution in [2.45, 2.75) is 38.5 Å². The number of aliphatic carboxylic acids is 1. The molecule has 7 heteroatoms. The molecule has 0 saturated carbocycles. The smallest absolute Gasteiger partial charge is 0.303 e. The van der Waals surface area contributed by atoms with Crippen LogP contribution in [0.15, 0.2) is 48.7 Å². The molecule has 0 unspecified atom stereocenters. The first-order valence-corrected chi connectivity index (χ1v) is 11.2. The van der Waals surface area contributed by atoms with Crippen molar-refractivity contribution >= 4 is 11.8 Å². The van der Waals surface area contributed by atoms with Crippen LogP contribution in [0.2, 0.25) is 0 Å². The number of nitrogens with zero attached hydrogens (tertiary/aromatic N) is 3. The molecule has 4 rings (SSSR count). The van der Waals surface area contributed by atoms with E-state index in [9.17, 15) is 9.18 Å². The number of carboxylic acid groups (broad SMARTS) is 1. The second-order valence-electron chi connectivity index (χ2n) is 8.52. The van der Waals surface area contributed by atoms with Crippen molar-refractivity contribution in [1.82, 2.24) is 9.97 Å². The lowest BCUT2D eigenvalue weighted by Crippen LogP contribution is -2.22. The van der Waals surface area contributed by atoms with E-state index in [1.807, 2.05) is 32.2 Å². The van der Waals surface area contributed by atoms with Gasteiger partial charge in [-0.2, -0.15) is 0 Å². The van der Waals surface area contributed by atoms with Gasteiger partial charge in [0.2, 0.25) is 0 Å². The molecule has 0 fully saturated rings. The third kappa shape index (κ3) is 5.48. The number of anilines is 1. The van der Waals surface area contributed by atoms with Crippen LogP contribution in [0.3, 0.4) is 0 Å². The number of carboxylic acids is 1. The first-order valence-electron chi connectivity index (χ1n) is 11.2. The number of benzene rings is 2. The first kappa shape index (κ1) is 22.7. The summed E-state index contributed by atoms with van der Waals surface area (Å²) in [6.45, 7) is 3.29. The number of carbonyl (C=O) groups is 1. The molecule has 1 aliphatic carbocycles. The number of fused-ring (bicyclic) bond motifs is 1. The number of ether oxygens (including phenoxy) is 1. The van der Waals surface area contributed by atoms with Gasteiger partial charge in [-0.15, -0.1) is 0 Å². The maximum absolute atomic E-state index is 13.2. The lowest BCUT2D eigenvalue weighted by Gasteiger charge is -2.20. The van der Waals surface area contributed by atoms with E-state index in [1.54, 1.807) is 18.3 Å². The topological polar surface area (TPSA) is 75.5 Å². The van der Waals surface area contributed by atoms with Gasteiger partial charge in [0.1, 0.15) is 17.4 Å². The van der Waals surface area contributed by atoms with Crippen molar-refractivity contribution in [1.29, 1.82) is 0 Å². The monoisotopic (exact) mass is 449 g/mol. The zero-order chi connectivity index (χ0) is 23.4. The summed E-state index contributed by atoms with van der Waals surface area (Å²) >= 11 is 0. The van der Waals surface area contributed by atoms with Crippen molar-refractivity contribution in [2.75, 3.05) is 25.1 Å². The molecule has 0 bridgehead atoms. The highest BCUT2D eigenvalue weighted by molar-refractivity contribution is 5.68. The summed E-state index contributed by atoms with van der Waals surface area (Å²) in [4.78, 5) is 22.2. The van der Waals surface area contributed by atoms with Gasteiger partial charge in [-0.25, -0.2) is 14.4 Å². The predicted molar refractivity (Wildman–Crippen MR) is 125 cm³/mol. The molecular weight excluding hydrogens is 421 g/mol. The number of hydrogen-bond acceptors (Lipinski definition) is 5. The Morgan fingerprint density at radius 2 is 2.03 bits per heavy atom. The Labute approximate surface area is 193 Å². The van der Waals surface area contributed by atoms with Crippen molar-refractivity contribution in [2.24, 2.45) is 0 Å². The molecule has 1 heterocycles. The molecule has 0 saturated heterocycles. The van der Waals surface area contributed by atoms with E-state index >= 15 is 0 Å². The third-order valence-corrected chi connectivity index (χ3v) is 6.05. The van der Waals surface area contributed by atoms with Gasteiger partial charge < -0.3 is 14.7 Å². The molecule has 1 aliphatic rings. The molecule has 1 N–H and O–H groups in total. The zero-order valence-electron chi connectivity index (χ0n) is 18.9. The Bertz CT molecular complexity index is 1130. The van der Waals surface area contributed by atoms with Gasteiger partial charge in [0.15, 0.2) is 5.82 Å². The standard InChI is InChI=1S/C26H28FN3O3/c1-17-16-28-25(18-6-8-21(27)9-7-18)29-26(17)30(2)12-3-13-33-22-10-11-23-19(14-22)4-5-20(23)15-24(31)32/h6-11,14,16,20H,3-5,12-13,15H2,1-2H3,(H,31,32)/t20-/m0/s1. The summed E-state index contributed by atoms with van der Waals surface area (Å²) in [7, 11) is 1.99. The van der Waals surface area contributed by atoms with E-state index in [0.29, 0.717) is 12.4 Å². The average molecular weight is 450 g/mol. The highest BCUT2D eigenvalue weighted by Crippen LogP contribution is 2.37. The van der Waals surface area contributed by atoms with Gasteiger partial charge >= 0.3 is 5.97 Å². The van der Waals surface area contributed by atoms with Gasteiger partial charge in [-0.05, 0) is 79.6 Å². The van der Waals surface area contributed by atoms with E-state index < -0.39 is 5.97 Å². The Morgan fingerprint density at radius 1 is 1.24 bits per heavy atom. The fourth-order valence-electron chi connectivity index (χ4n) is 4.35. The van der Waals surface area contributed by atoms with Crippen LogP contribution in [0.1, 0.15) is 41.9 Å². The highest BCUT2D eigenvalue weighted by Gasteiger charge is 2.24. The molecule has 0 amide bonds. The van der Waals surface area contributed by atoms with E-state index in [2.05, 4.69) is 14.9 Å². The lowest BCUT2D eigenvalue weighted by atomic mass is 9.98. The van der Waals surface area contributed by atoms with Crippen molar-refractivity contribution in [3.05, 3.63) is 71.2 Å². The summed E-state index contributed by atoms with van der Waals surface area (Å²) in [6, 6.07) is 12.2. The van der Waals surface area contributed by atoms with Crippen molar-refractivity contribution < 1.29 is 19.0 Å². The van der Waals surface area contributed by atoms with Crippen LogP contribution in [-0.4, -0.2) is 41.2 Å². The summed E-state index contributed by atoms with van der Waals surface area (Å²) < 4.78 is 19.2. The number of hydrogen-bond donors (Lipinski definition) is 1. The molecule has 3 aromatic rings. The van der Waals surface area contributed by atoms with Crippen LogP contribution >= 0.6 is 0 Å². The van der Waals surface area contributed by atoms with Gasteiger partial charge in [0.25, 0.3) is 0 Å². The Kier molecular flexibility index (Phi) is 6.87. The van der Waals surface area contributed by atoms with Crippen LogP contribution in [0.25, 0.3) is 11.4 Å². The van der Waals surface area contributed by atoms with Crippen molar-refractivity contribution in [3.63, 3.8) is 0 Å². The van der Waals surface area contributed by atoms with E-state index in [0.717, 1.165) is 54.1 Å². The number of aryl methyl sites for hydroxylation is 2. The molecule has 6 nitrogen and oxygen atoms in total. The Morgan fingerprint density at radius 3 is 2.79 bits per heavy atom. The largest absolute Gasteiger partial charge is 0.494 e. The minimum Gasteiger partial charge on any atom is -0.494 e. The fraction of sp³-hybridized carbons (Fsp3) is 0.346. The third-order valence-electron chi connectivity index (χ3n) is 6.05. The summed E-state index contributed by atoms with van der Waals surface area (Å²) in [5.41, 5.74) is 4.08. The molecule has 1 atom stereocenters. The molecule has 2 aromatic carbocycles. The normalized spacial score (nSPS) is 14.7. The first-order chi connectivity index (χ1) is 15.9. The van der Waals surface area contributed by atoms with Crippen LogP contribution in [0.5, 0.6) is 5.75 Å². The van der Waals surface area contributed by atoms with Crippen LogP contribution in [0, 0.1) is 12.7 Å². The van der Waals surface area contributed by atoms with Crippen molar-refractivity contribution in [3.8, 4) is 17.1 Å². The molecule has 0 aliphatic heterocycles. The second-order valence-corrected chi connectivity index (χ2v) is 8.52. The van der Waals surface area contributed by atoms with Gasteiger partial charge in [0, 0.05) is 30.9 Å². The molecule has 1 aromatic heterocycles. The summed E-state index contributed by atoms with van der Waals surface area (Å²) in [5.74, 6) is 1.30. The highest BCUT2D eigenvalue weighted by atomic mass is 19.1. The Hall–Kier alpha value is -3.48. The quantitative estimate of drug-likeness (QED) is 0.463. The lowest BCUT2D eigenvalue weighted by molar-refractivity contribution is -0.137. The second kappa shape index (κ2) is 9.98. The van der Waals surface area contributed by atoms with E-state index in [1.165, 1.54) is 17.7 Å².